The standard InChI is InChI=1S/C18H20ClN3O3/c1-12-14(17(19)22(4)20-12)10-11-15(23)25-16(18(24)21(2)3)13-8-6-5-7-9-13/h5-11,16H,1-4H3/b11-10+. The SMILES string of the molecule is Cc1nn(C)c(Cl)c1/C=C/C(=O)OC(C(=O)N(C)C)c1ccccc1. The molecule has 0 aliphatic rings. The van der Waals surface area contributed by atoms with E-state index >= 15 is 0 Å². The molecule has 0 saturated heterocycles. The predicted molar refractivity (Wildman–Crippen MR) is 96.0 cm³/mol. The highest BCUT2D eigenvalue weighted by Crippen LogP contribution is 2.22. The fourth-order valence-corrected chi connectivity index (χ4v) is 2.50. The molecule has 132 valence electrons. The number of benzene rings is 1. The molecule has 0 fully saturated rings. The number of carbonyl (C=O) groups excluding carboxylic acids is 2. The van der Waals surface area contributed by atoms with E-state index in [1.807, 2.05) is 6.07 Å². The van der Waals surface area contributed by atoms with Gasteiger partial charge in [0.1, 0.15) is 5.15 Å². The Hall–Kier alpha value is -2.60. The summed E-state index contributed by atoms with van der Waals surface area (Å²) in [6.07, 6.45) is 1.78. The Kier molecular flexibility index (Phi) is 5.98. The van der Waals surface area contributed by atoms with Gasteiger partial charge in [0.05, 0.1) is 5.69 Å². The molecule has 0 bridgehead atoms. The maximum Gasteiger partial charge on any atom is 0.331 e. The summed E-state index contributed by atoms with van der Waals surface area (Å²) >= 11 is 6.13. The minimum Gasteiger partial charge on any atom is -0.444 e. The minimum absolute atomic E-state index is 0.316. The van der Waals surface area contributed by atoms with Crippen LogP contribution < -0.4 is 0 Å². The molecule has 0 spiro atoms. The number of hydrogen-bond acceptors (Lipinski definition) is 4. The van der Waals surface area contributed by atoms with Gasteiger partial charge in [0.2, 0.25) is 6.10 Å². The number of rotatable bonds is 5. The van der Waals surface area contributed by atoms with Crippen molar-refractivity contribution in [1.82, 2.24) is 14.7 Å². The molecule has 1 aromatic heterocycles. The molecule has 1 unspecified atom stereocenters. The number of aryl methyl sites for hydroxylation is 2. The van der Waals surface area contributed by atoms with Crippen LogP contribution in [0.3, 0.4) is 0 Å². The molecule has 1 heterocycles. The maximum absolute atomic E-state index is 12.4. The van der Waals surface area contributed by atoms with Gasteiger partial charge < -0.3 is 9.64 Å². The van der Waals surface area contributed by atoms with E-state index in [4.69, 9.17) is 16.3 Å². The number of nitrogens with zero attached hydrogens (tertiary/aromatic N) is 3. The summed E-state index contributed by atoms with van der Waals surface area (Å²) in [5.74, 6) is -0.952. The van der Waals surface area contributed by atoms with Gasteiger partial charge in [-0.15, -0.1) is 0 Å². The number of aromatic nitrogens is 2. The van der Waals surface area contributed by atoms with Crippen molar-refractivity contribution in [2.24, 2.45) is 7.05 Å². The highest BCUT2D eigenvalue weighted by molar-refractivity contribution is 6.31. The van der Waals surface area contributed by atoms with Crippen LogP contribution in [0.4, 0.5) is 0 Å². The van der Waals surface area contributed by atoms with Crippen molar-refractivity contribution in [3.63, 3.8) is 0 Å². The first-order chi connectivity index (χ1) is 11.8. The second-order valence-electron chi connectivity index (χ2n) is 5.71. The van der Waals surface area contributed by atoms with Crippen LogP contribution in [0.1, 0.15) is 22.9 Å². The fraction of sp³-hybridized carbons (Fsp3) is 0.278. The van der Waals surface area contributed by atoms with Gasteiger partial charge in [0.15, 0.2) is 0 Å². The van der Waals surface area contributed by atoms with E-state index in [1.165, 1.54) is 21.7 Å². The average molecular weight is 362 g/mol. The smallest absolute Gasteiger partial charge is 0.331 e. The second kappa shape index (κ2) is 7.98. The van der Waals surface area contributed by atoms with Gasteiger partial charge in [-0.2, -0.15) is 5.10 Å². The first-order valence-electron chi connectivity index (χ1n) is 7.65. The number of amides is 1. The Bertz CT molecular complexity index is 797. The third kappa shape index (κ3) is 4.48. The van der Waals surface area contributed by atoms with E-state index in [0.717, 1.165) is 0 Å². The third-order valence-corrected chi connectivity index (χ3v) is 4.03. The van der Waals surface area contributed by atoms with E-state index in [-0.39, 0.29) is 5.91 Å². The van der Waals surface area contributed by atoms with Gasteiger partial charge in [-0.1, -0.05) is 41.9 Å². The molecule has 0 saturated carbocycles. The quantitative estimate of drug-likeness (QED) is 0.606. The highest BCUT2D eigenvalue weighted by Gasteiger charge is 2.25. The van der Waals surface area contributed by atoms with Crippen molar-refractivity contribution in [1.29, 1.82) is 0 Å². The lowest BCUT2D eigenvalue weighted by atomic mass is 10.1. The molecular formula is C18H20ClN3O3. The zero-order chi connectivity index (χ0) is 18.6. The Balaban J connectivity index is 2.20. The normalized spacial score (nSPS) is 12.2. The lowest BCUT2D eigenvalue weighted by Crippen LogP contribution is -2.30. The van der Waals surface area contributed by atoms with Crippen LogP contribution in [0, 0.1) is 6.92 Å². The number of likely N-dealkylation sites (N-methyl/N-ethyl adjacent to an activating group) is 1. The average Bonchev–Trinajstić information content (AvgIpc) is 2.83. The highest BCUT2D eigenvalue weighted by atomic mass is 35.5. The summed E-state index contributed by atoms with van der Waals surface area (Å²) in [4.78, 5) is 25.9. The number of ether oxygens (including phenoxy) is 1. The van der Waals surface area contributed by atoms with Gasteiger partial charge in [-0.25, -0.2) is 4.79 Å². The molecule has 1 atom stereocenters. The van der Waals surface area contributed by atoms with Crippen molar-refractivity contribution in [2.75, 3.05) is 14.1 Å². The van der Waals surface area contributed by atoms with Crippen molar-refractivity contribution >= 4 is 29.6 Å². The van der Waals surface area contributed by atoms with E-state index < -0.39 is 12.1 Å². The molecule has 6 nitrogen and oxygen atoms in total. The molecule has 0 aliphatic carbocycles. The summed E-state index contributed by atoms with van der Waals surface area (Å²) in [5, 5.41) is 4.59. The van der Waals surface area contributed by atoms with Gasteiger partial charge >= 0.3 is 5.97 Å². The van der Waals surface area contributed by atoms with Crippen LogP contribution in [0.2, 0.25) is 5.15 Å². The Morgan fingerprint density at radius 3 is 2.44 bits per heavy atom. The maximum atomic E-state index is 12.4. The zero-order valence-electron chi connectivity index (χ0n) is 14.6. The van der Waals surface area contributed by atoms with Crippen molar-refractivity contribution in [3.8, 4) is 0 Å². The Morgan fingerprint density at radius 2 is 1.92 bits per heavy atom. The van der Waals surface area contributed by atoms with Crippen LogP contribution in [0.25, 0.3) is 6.08 Å². The van der Waals surface area contributed by atoms with Crippen LogP contribution in [-0.4, -0.2) is 40.7 Å². The van der Waals surface area contributed by atoms with Gasteiger partial charge in [-0.05, 0) is 13.0 Å². The molecule has 2 rings (SSSR count). The zero-order valence-corrected chi connectivity index (χ0v) is 15.3. The fourth-order valence-electron chi connectivity index (χ4n) is 2.27. The Morgan fingerprint density at radius 1 is 1.28 bits per heavy atom. The molecule has 0 aliphatic heterocycles. The first kappa shape index (κ1) is 18.7. The molecule has 1 amide bonds. The predicted octanol–water partition coefficient (Wildman–Crippen LogP) is 2.77. The largest absolute Gasteiger partial charge is 0.444 e. The second-order valence-corrected chi connectivity index (χ2v) is 6.07. The molecule has 2 aromatic rings. The number of carbonyl (C=O) groups is 2. The summed E-state index contributed by atoms with van der Waals surface area (Å²) in [6.45, 7) is 1.79. The molecule has 0 radical (unpaired) electrons. The third-order valence-electron chi connectivity index (χ3n) is 3.58. The summed E-state index contributed by atoms with van der Waals surface area (Å²) in [7, 11) is 4.94. The van der Waals surface area contributed by atoms with Crippen molar-refractivity contribution < 1.29 is 14.3 Å². The van der Waals surface area contributed by atoms with Crippen LogP contribution in [-0.2, 0) is 21.4 Å². The molecule has 7 heteroatoms. The Labute approximate surface area is 151 Å². The number of halogens is 1. The van der Waals surface area contributed by atoms with Gasteiger partial charge in [0, 0.05) is 38.3 Å². The number of esters is 1. The van der Waals surface area contributed by atoms with Crippen LogP contribution in [0.5, 0.6) is 0 Å². The van der Waals surface area contributed by atoms with Crippen LogP contribution >= 0.6 is 11.6 Å². The summed E-state index contributed by atoms with van der Waals surface area (Å²) < 4.78 is 6.90. The van der Waals surface area contributed by atoms with E-state index in [2.05, 4.69) is 5.10 Å². The first-order valence-corrected chi connectivity index (χ1v) is 8.03. The van der Waals surface area contributed by atoms with Gasteiger partial charge in [0.25, 0.3) is 5.91 Å². The lowest BCUT2D eigenvalue weighted by Gasteiger charge is -2.20. The van der Waals surface area contributed by atoms with E-state index in [0.29, 0.717) is 22.0 Å². The molecule has 0 N–H and O–H groups in total. The summed E-state index contributed by atoms with van der Waals surface area (Å²) in [6, 6.07) is 8.88. The monoisotopic (exact) mass is 361 g/mol. The van der Waals surface area contributed by atoms with Gasteiger partial charge in [-0.3, -0.25) is 9.48 Å². The number of hydrogen-bond donors (Lipinski definition) is 0. The van der Waals surface area contributed by atoms with E-state index in [9.17, 15) is 9.59 Å². The van der Waals surface area contributed by atoms with E-state index in [1.54, 1.807) is 52.3 Å². The molecular weight excluding hydrogens is 342 g/mol. The topological polar surface area (TPSA) is 64.4 Å². The molecule has 25 heavy (non-hydrogen) atoms. The molecule has 1 aromatic carbocycles. The minimum atomic E-state index is -1.00. The van der Waals surface area contributed by atoms with Crippen molar-refractivity contribution in [3.05, 3.63) is 58.4 Å². The summed E-state index contributed by atoms with van der Waals surface area (Å²) in [5.41, 5.74) is 1.94. The lowest BCUT2D eigenvalue weighted by molar-refractivity contribution is -0.155. The van der Waals surface area contributed by atoms with Crippen molar-refractivity contribution in [2.45, 2.75) is 13.0 Å². The van der Waals surface area contributed by atoms with Crippen LogP contribution in [0.15, 0.2) is 36.4 Å².